The minimum atomic E-state index is -3.70. The summed E-state index contributed by atoms with van der Waals surface area (Å²) in [5.41, 5.74) is 1.77. The number of fused-ring (bicyclic) bond motifs is 1. The van der Waals surface area contributed by atoms with E-state index < -0.39 is 10.0 Å². The van der Waals surface area contributed by atoms with Crippen LogP contribution < -0.4 is 4.72 Å². The molecule has 0 radical (unpaired) electrons. The van der Waals surface area contributed by atoms with E-state index in [1.165, 1.54) is 24.3 Å². The van der Waals surface area contributed by atoms with Gasteiger partial charge in [0.2, 0.25) is 0 Å². The Balaban J connectivity index is 1.82. The fourth-order valence-corrected chi connectivity index (χ4v) is 5.32. The van der Waals surface area contributed by atoms with Gasteiger partial charge < -0.3 is 0 Å². The van der Waals surface area contributed by atoms with Crippen LogP contribution in [0.1, 0.15) is 19.4 Å². The summed E-state index contributed by atoms with van der Waals surface area (Å²) in [6.07, 6.45) is 0. The summed E-state index contributed by atoms with van der Waals surface area (Å²) in [7, 11) is -3.70. The molecule has 3 rings (SSSR count). The summed E-state index contributed by atoms with van der Waals surface area (Å²) in [6.45, 7) is 4.33. The minimum absolute atomic E-state index is 0.120. The molecule has 8 heteroatoms. The molecule has 0 aliphatic heterocycles. The van der Waals surface area contributed by atoms with E-state index in [4.69, 9.17) is 5.26 Å². The Morgan fingerprint density at radius 3 is 2.62 bits per heavy atom. The Morgan fingerprint density at radius 1 is 1.23 bits per heavy atom. The number of thiazole rings is 1. The maximum Gasteiger partial charge on any atom is 0.261 e. The summed E-state index contributed by atoms with van der Waals surface area (Å²) >= 11 is 3.28. The number of anilines is 1. The molecule has 26 heavy (non-hydrogen) atoms. The first kappa shape index (κ1) is 18.7. The molecule has 0 aliphatic rings. The monoisotopic (exact) mass is 403 g/mol. The molecule has 3 aromatic rings. The zero-order chi connectivity index (χ0) is 18.7. The lowest BCUT2D eigenvalue weighted by atomic mass is 10.2. The molecule has 0 atom stereocenters. The summed E-state index contributed by atoms with van der Waals surface area (Å²) in [6, 6.07) is 13.1. The van der Waals surface area contributed by atoms with Gasteiger partial charge in [-0.3, -0.25) is 4.72 Å². The van der Waals surface area contributed by atoms with Gasteiger partial charge in [-0.2, -0.15) is 5.26 Å². The molecule has 1 heterocycles. The number of sulfonamides is 1. The van der Waals surface area contributed by atoms with E-state index in [0.717, 1.165) is 20.3 Å². The van der Waals surface area contributed by atoms with Crippen molar-refractivity contribution in [2.45, 2.75) is 23.1 Å². The topological polar surface area (TPSA) is 82.8 Å². The second-order valence-corrected chi connectivity index (χ2v) is 10.1. The third kappa shape index (κ3) is 4.36. The van der Waals surface area contributed by atoms with Gasteiger partial charge in [0.05, 0.1) is 32.4 Å². The zero-order valence-corrected chi connectivity index (χ0v) is 16.7. The third-order valence-electron chi connectivity index (χ3n) is 3.45. The van der Waals surface area contributed by atoms with Gasteiger partial charge in [-0.25, -0.2) is 13.4 Å². The van der Waals surface area contributed by atoms with E-state index in [2.05, 4.69) is 23.6 Å². The summed E-state index contributed by atoms with van der Waals surface area (Å²) in [5.74, 6) is 1.58. The Morgan fingerprint density at radius 2 is 1.96 bits per heavy atom. The standard InChI is InChI=1S/C18H17N3O2S3/c1-12(2)11-24-18-20-16-8-5-14(9-17(16)25-18)21-26(22,23)15-6-3-13(10-19)4-7-15/h3-9,12,21H,11H2,1-2H3. The number of hydrogen-bond donors (Lipinski definition) is 1. The van der Waals surface area contributed by atoms with Gasteiger partial charge in [-0.15, -0.1) is 11.3 Å². The second-order valence-electron chi connectivity index (χ2n) is 6.11. The van der Waals surface area contributed by atoms with Crippen molar-refractivity contribution in [1.82, 2.24) is 4.98 Å². The minimum Gasteiger partial charge on any atom is -0.280 e. The van der Waals surface area contributed by atoms with Gasteiger partial charge in [0, 0.05) is 5.75 Å². The van der Waals surface area contributed by atoms with Crippen molar-refractivity contribution in [2.24, 2.45) is 5.92 Å². The normalized spacial score (nSPS) is 11.6. The quantitative estimate of drug-likeness (QED) is 0.602. The van der Waals surface area contributed by atoms with E-state index >= 15 is 0 Å². The molecule has 0 saturated carbocycles. The van der Waals surface area contributed by atoms with Crippen LogP contribution in [0.3, 0.4) is 0 Å². The molecule has 0 aliphatic carbocycles. The van der Waals surface area contributed by atoms with Gasteiger partial charge in [0.25, 0.3) is 10.0 Å². The van der Waals surface area contributed by atoms with Gasteiger partial charge in [0.1, 0.15) is 0 Å². The fraction of sp³-hybridized carbons (Fsp3) is 0.222. The average Bonchev–Trinajstić information content (AvgIpc) is 3.02. The number of nitriles is 1. The fourth-order valence-electron chi connectivity index (χ4n) is 2.19. The molecule has 2 aromatic carbocycles. The van der Waals surface area contributed by atoms with Gasteiger partial charge in [0.15, 0.2) is 4.34 Å². The van der Waals surface area contributed by atoms with Crippen LogP contribution in [0.2, 0.25) is 0 Å². The van der Waals surface area contributed by atoms with Crippen LogP contribution in [0.25, 0.3) is 10.2 Å². The van der Waals surface area contributed by atoms with E-state index in [1.54, 1.807) is 35.2 Å². The molecule has 5 nitrogen and oxygen atoms in total. The van der Waals surface area contributed by atoms with Crippen molar-refractivity contribution in [2.75, 3.05) is 10.5 Å². The largest absolute Gasteiger partial charge is 0.280 e. The summed E-state index contributed by atoms with van der Waals surface area (Å²) < 4.78 is 29.5. The SMILES string of the molecule is CC(C)CSc1nc2ccc(NS(=O)(=O)c3ccc(C#N)cc3)cc2s1. The highest BCUT2D eigenvalue weighted by Crippen LogP contribution is 2.32. The average molecular weight is 404 g/mol. The smallest absolute Gasteiger partial charge is 0.261 e. The molecule has 1 aromatic heterocycles. The van der Waals surface area contributed by atoms with Crippen molar-refractivity contribution < 1.29 is 8.42 Å². The Hall–Kier alpha value is -2.08. The predicted molar refractivity (Wildman–Crippen MR) is 107 cm³/mol. The maximum absolute atomic E-state index is 12.5. The van der Waals surface area contributed by atoms with E-state index in [9.17, 15) is 8.42 Å². The molecular weight excluding hydrogens is 386 g/mol. The second kappa shape index (κ2) is 7.66. The highest BCUT2D eigenvalue weighted by atomic mass is 32.2. The number of benzene rings is 2. The molecule has 0 unspecified atom stereocenters. The van der Waals surface area contributed by atoms with Crippen molar-refractivity contribution in [3.8, 4) is 6.07 Å². The molecule has 0 amide bonds. The maximum atomic E-state index is 12.5. The van der Waals surface area contributed by atoms with Crippen LogP contribution in [-0.4, -0.2) is 19.2 Å². The molecule has 0 bridgehead atoms. The zero-order valence-electron chi connectivity index (χ0n) is 14.3. The number of aromatic nitrogens is 1. The third-order valence-corrected chi connectivity index (χ3v) is 7.44. The number of rotatable bonds is 6. The lowest BCUT2D eigenvalue weighted by Crippen LogP contribution is -2.12. The van der Waals surface area contributed by atoms with Gasteiger partial charge in [-0.1, -0.05) is 25.6 Å². The van der Waals surface area contributed by atoms with E-state index in [1.807, 2.05) is 12.1 Å². The Labute approximate surface area is 161 Å². The Kier molecular flexibility index (Phi) is 5.51. The predicted octanol–water partition coefficient (Wildman–Crippen LogP) is 4.72. The molecule has 0 spiro atoms. The van der Waals surface area contributed by atoms with Crippen LogP contribution in [0.15, 0.2) is 51.7 Å². The highest BCUT2D eigenvalue weighted by molar-refractivity contribution is 8.01. The first-order chi connectivity index (χ1) is 12.4. The van der Waals surface area contributed by atoms with Crippen LogP contribution in [0, 0.1) is 17.2 Å². The van der Waals surface area contributed by atoms with Crippen LogP contribution in [-0.2, 0) is 10.0 Å². The van der Waals surface area contributed by atoms with Crippen molar-refractivity contribution in [3.05, 3.63) is 48.0 Å². The van der Waals surface area contributed by atoms with E-state index in [-0.39, 0.29) is 4.90 Å². The number of hydrogen-bond acceptors (Lipinski definition) is 6. The molecule has 0 saturated heterocycles. The van der Waals surface area contributed by atoms with Crippen LogP contribution in [0.5, 0.6) is 0 Å². The molecule has 1 N–H and O–H groups in total. The van der Waals surface area contributed by atoms with Crippen LogP contribution in [0.4, 0.5) is 5.69 Å². The lowest BCUT2D eigenvalue weighted by Gasteiger charge is -2.08. The van der Waals surface area contributed by atoms with Gasteiger partial charge >= 0.3 is 0 Å². The molecule has 0 fully saturated rings. The van der Waals surface area contributed by atoms with Gasteiger partial charge in [-0.05, 0) is 48.4 Å². The first-order valence-corrected chi connectivity index (χ1v) is 11.2. The summed E-state index contributed by atoms with van der Waals surface area (Å²) in [4.78, 5) is 4.69. The van der Waals surface area contributed by atoms with Crippen molar-refractivity contribution in [3.63, 3.8) is 0 Å². The Bertz CT molecular complexity index is 1070. The van der Waals surface area contributed by atoms with E-state index in [0.29, 0.717) is 17.2 Å². The lowest BCUT2D eigenvalue weighted by molar-refractivity contribution is 0.601. The number of nitrogens with zero attached hydrogens (tertiary/aromatic N) is 2. The molecule has 134 valence electrons. The highest BCUT2D eigenvalue weighted by Gasteiger charge is 2.15. The van der Waals surface area contributed by atoms with Crippen molar-refractivity contribution >= 4 is 49.0 Å². The first-order valence-electron chi connectivity index (χ1n) is 7.94. The van der Waals surface area contributed by atoms with Crippen LogP contribution >= 0.6 is 23.1 Å². The summed E-state index contributed by atoms with van der Waals surface area (Å²) in [5, 5.41) is 8.82. The molecular formula is C18H17N3O2S3. The number of nitrogens with one attached hydrogen (secondary N) is 1. The van der Waals surface area contributed by atoms with Crippen molar-refractivity contribution in [1.29, 1.82) is 5.26 Å². The number of thioether (sulfide) groups is 1.